The van der Waals surface area contributed by atoms with Crippen LogP contribution in [-0.4, -0.2) is 53.7 Å². The Kier molecular flexibility index (Phi) is 5.18. The fourth-order valence-electron chi connectivity index (χ4n) is 5.25. The Hall–Kier alpha value is -1.98. The summed E-state index contributed by atoms with van der Waals surface area (Å²) >= 11 is 0. The Balaban J connectivity index is 1.30. The van der Waals surface area contributed by atoms with Crippen LogP contribution in [0.1, 0.15) is 50.7 Å². The Morgan fingerprint density at radius 1 is 1.07 bits per heavy atom. The summed E-state index contributed by atoms with van der Waals surface area (Å²) < 4.78 is 28.2. The number of alkyl halides is 2. The Morgan fingerprint density at radius 3 is 2.37 bits per heavy atom. The van der Waals surface area contributed by atoms with Gasteiger partial charge in [-0.05, 0) is 37.2 Å². The van der Waals surface area contributed by atoms with Crippen LogP contribution in [0.15, 0.2) is 24.3 Å². The zero-order valence-corrected chi connectivity index (χ0v) is 18.2. The summed E-state index contributed by atoms with van der Waals surface area (Å²) in [6.07, 6.45) is 2.65. The maximum atomic E-state index is 14.1. The van der Waals surface area contributed by atoms with E-state index in [1.807, 2.05) is 36.1 Å². The van der Waals surface area contributed by atoms with E-state index < -0.39 is 11.3 Å². The standard InChI is InChI=1S/C24H32F2N2O2/c1-17-5-4-6-18(13-17)14-20(29)27-10-7-23(8-11-27)15-19(23)21(30)28-12-9-24(25,26)22(2,3)16-28/h4-6,13,19H,7-12,14-16H2,1-3H3. The van der Waals surface area contributed by atoms with Gasteiger partial charge in [-0.2, -0.15) is 0 Å². The average molecular weight is 419 g/mol. The minimum Gasteiger partial charge on any atom is -0.342 e. The topological polar surface area (TPSA) is 40.6 Å². The first-order valence-electron chi connectivity index (χ1n) is 11.0. The average Bonchev–Trinajstić information content (AvgIpc) is 3.37. The zero-order valence-electron chi connectivity index (χ0n) is 18.2. The van der Waals surface area contributed by atoms with Crippen molar-refractivity contribution in [1.82, 2.24) is 9.80 Å². The normalized spacial score (nSPS) is 26.5. The lowest BCUT2D eigenvalue weighted by Gasteiger charge is -2.44. The molecule has 0 aromatic heterocycles. The van der Waals surface area contributed by atoms with Gasteiger partial charge in [-0.3, -0.25) is 9.59 Å². The molecule has 1 spiro atoms. The number of likely N-dealkylation sites (tertiary alicyclic amines) is 2. The molecule has 1 saturated carbocycles. The Labute approximate surface area is 177 Å². The molecule has 1 aromatic carbocycles. The van der Waals surface area contributed by atoms with Gasteiger partial charge < -0.3 is 9.80 Å². The number of hydrogen-bond donors (Lipinski definition) is 0. The van der Waals surface area contributed by atoms with Crippen LogP contribution in [0.3, 0.4) is 0 Å². The van der Waals surface area contributed by atoms with E-state index in [0.717, 1.165) is 30.4 Å². The quantitative estimate of drug-likeness (QED) is 0.743. The highest BCUT2D eigenvalue weighted by molar-refractivity contribution is 5.83. The number of carbonyl (C=O) groups is 2. The predicted octanol–water partition coefficient (Wildman–Crippen LogP) is 4.06. The van der Waals surface area contributed by atoms with Crippen molar-refractivity contribution in [3.05, 3.63) is 35.4 Å². The first-order chi connectivity index (χ1) is 14.0. The molecule has 3 fully saturated rings. The van der Waals surface area contributed by atoms with Gasteiger partial charge in [-0.25, -0.2) is 8.78 Å². The van der Waals surface area contributed by atoms with Crippen molar-refractivity contribution in [2.75, 3.05) is 26.2 Å². The van der Waals surface area contributed by atoms with Gasteiger partial charge in [0, 0.05) is 43.9 Å². The largest absolute Gasteiger partial charge is 0.342 e. The second kappa shape index (κ2) is 7.31. The highest BCUT2D eigenvalue weighted by Crippen LogP contribution is 2.60. The molecule has 1 atom stereocenters. The number of amides is 2. The fourth-order valence-corrected chi connectivity index (χ4v) is 5.25. The highest BCUT2D eigenvalue weighted by Gasteiger charge is 2.61. The summed E-state index contributed by atoms with van der Waals surface area (Å²) in [5.41, 5.74) is 0.968. The molecule has 4 rings (SSSR count). The maximum Gasteiger partial charge on any atom is 0.256 e. The van der Waals surface area contributed by atoms with E-state index in [1.165, 1.54) is 0 Å². The summed E-state index contributed by atoms with van der Waals surface area (Å²) in [7, 11) is 0. The van der Waals surface area contributed by atoms with Gasteiger partial charge in [0.25, 0.3) is 5.92 Å². The Morgan fingerprint density at radius 2 is 1.73 bits per heavy atom. The van der Waals surface area contributed by atoms with Crippen LogP contribution in [0.5, 0.6) is 0 Å². The van der Waals surface area contributed by atoms with Crippen LogP contribution >= 0.6 is 0 Å². The summed E-state index contributed by atoms with van der Waals surface area (Å²) in [5, 5.41) is 0. The van der Waals surface area contributed by atoms with Gasteiger partial charge in [-0.1, -0.05) is 43.7 Å². The molecule has 4 nitrogen and oxygen atoms in total. The first-order valence-corrected chi connectivity index (χ1v) is 11.0. The van der Waals surface area contributed by atoms with Crippen molar-refractivity contribution in [2.24, 2.45) is 16.7 Å². The lowest BCUT2D eigenvalue weighted by Crippen LogP contribution is -2.55. The second-order valence-electron chi connectivity index (χ2n) is 10.3. The molecule has 0 radical (unpaired) electrons. The summed E-state index contributed by atoms with van der Waals surface area (Å²) in [6.45, 7) is 6.74. The molecule has 0 bridgehead atoms. The Bertz CT molecular complexity index is 843. The van der Waals surface area contributed by atoms with E-state index in [0.29, 0.717) is 19.5 Å². The van der Waals surface area contributed by atoms with Crippen LogP contribution in [0, 0.1) is 23.7 Å². The molecule has 2 saturated heterocycles. The summed E-state index contributed by atoms with van der Waals surface area (Å²) in [5.74, 6) is -2.61. The number of hydrogen-bond acceptors (Lipinski definition) is 2. The molecular weight excluding hydrogens is 386 g/mol. The number of aryl methyl sites for hydroxylation is 1. The summed E-state index contributed by atoms with van der Waals surface area (Å²) in [6, 6.07) is 8.02. The van der Waals surface area contributed by atoms with E-state index in [4.69, 9.17) is 0 Å². The van der Waals surface area contributed by atoms with Crippen molar-refractivity contribution in [3.8, 4) is 0 Å². The van der Waals surface area contributed by atoms with Gasteiger partial charge in [0.05, 0.1) is 6.42 Å². The van der Waals surface area contributed by atoms with E-state index in [1.54, 1.807) is 18.7 Å². The smallest absolute Gasteiger partial charge is 0.256 e. The zero-order chi connectivity index (χ0) is 21.7. The van der Waals surface area contributed by atoms with Gasteiger partial charge in [0.1, 0.15) is 0 Å². The first kappa shape index (κ1) is 21.3. The molecule has 1 aliphatic carbocycles. The SMILES string of the molecule is Cc1cccc(CC(=O)N2CCC3(CC2)CC3C(=O)N2CCC(F)(F)C(C)(C)C2)c1. The third kappa shape index (κ3) is 3.85. The van der Waals surface area contributed by atoms with Crippen molar-refractivity contribution in [2.45, 2.75) is 58.8 Å². The number of rotatable bonds is 3. The predicted molar refractivity (Wildman–Crippen MR) is 111 cm³/mol. The molecule has 1 aromatic rings. The molecule has 2 aliphatic heterocycles. The van der Waals surface area contributed by atoms with Crippen LogP contribution in [0.4, 0.5) is 8.78 Å². The number of piperidine rings is 2. The van der Waals surface area contributed by atoms with Gasteiger partial charge in [0.2, 0.25) is 11.8 Å². The highest BCUT2D eigenvalue weighted by atomic mass is 19.3. The molecule has 1 unspecified atom stereocenters. The maximum absolute atomic E-state index is 14.1. The van der Waals surface area contributed by atoms with Crippen molar-refractivity contribution in [1.29, 1.82) is 0 Å². The minimum atomic E-state index is -2.73. The van der Waals surface area contributed by atoms with E-state index >= 15 is 0 Å². The second-order valence-corrected chi connectivity index (χ2v) is 10.3. The van der Waals surface area contributed by atoms with Gasteiger partial charge >= 0.3 is 0 Å². The van der Waals surface area contributed by atoms with E-state index in [2.05, 4.69) is 0 Å². The van der Waals surface area contributed by atoms with Crippen LogP contribution in [0.2, 0.25) is 0 Å². The molecule has 6 heteroatoms. The van der Waals surface area contributed by atoms with Crippen molar-refractivity contribution >= 4 is 11.8 Å². The van der Waals surface area contributed by atoms with Crippen LogP contribution < -0.4 is 0 Å². The van der Waals surface area contributed by atoms with Crippen LogP contribution in [-0.2, 0) is 16.0 Å². The third-order valence-corrected chi connectivity index (χ3v) is 7.62. The van der Waals surface area contributed by atoms with Crippen LogP contribution in [0.25, 0.3) is 0 Å². The lowest BCUT2D eigenvalue weighted by atomic mass is 9.80. The van der Waals surface area contributed by atoms with E-state index in [-0.39, 0.29) is 42.7 Å². The lowest BCUT2D eigenvalue weighted by molar-refractivity contribution is -0.166. The van der Waals surface area contributed by atoms with Gasteiger partial charge in [0.15, 0.2) is 0 Å². The minimum absolute atomic E-state index is 0.0265. The molecule has 0 N–H and O–H groups in total. The van der Waals surface area contributed by atoms with Crippen molar-refractivity contribution < 1.29 is 18.4 Å². The molecule has 164 valence electrons. The summed E-state index contributed by atoms with van der Waals surface area (Å²) in [4.78, 5) is 29.3. The number of halogens is 2. The number of benzene rings is 1. The van der Waals surface area contributed by atoms with Crippen molar-refractivity contribution in [3.63, 3.8) is 0 Å². The molecule has 30 heavy (non-hydrogen) atoms. The molecular formula is C24H32F2N2O2. The number of nitrogens with zero attached hydrogens (tertiary/aromatic N) is 2. The van der Waals surface area contributed by atoms with E-state index in [9.17, 15) is 18.4 Å². The molecule has 2 heterocycles. The fraction of sp³-hybridized carbons (Fsp3) is 0.667. The third-order valence-electron chi connectivity index (χ3n) is 7.62. The van der Waals surface area contributed by atoms with Gasteiger partial charge in [-0.15, -0.1) is 0 Å². The molecule has 2 amide bonds. The monoisotopic (exact) mass is 418 g/mol. The number of carbonyl (C=O) groups excluding carboxylic acids is 2. The molecule has 3 aliphatic rings.